The van der Waals surface area contributed by atoms with Gasteiger partial charge in [0.1, 0.15) is 28.2 Å². The van der Waals surface area contributed by atoms with Crippen LogP contribution >= 0.6 is 23.4 Å². The number of ether oxygens (including phenoxy) is 1. The zero-order valence-electron chi connectivity index (χ0n) is 10.9. The van der Waals surface area contributed by atoms with Crippen molar-refractivity contribution >= 4 is 29.1 Å². The van der Waals surface area contributed by atoms with E-state index in [1.165, 1.54) is 30.0 Å². The van der Waals surface area contributed by atoms with Crippen LogP contribution in [0.4, 0.5) is 5.69 Å². The fourth-order valence-electron chi connectivity index (χ4n) is 1.70. The van der Waals surface area contributed by atoms with E-state index in [9.17, 15) is 15.4 Å². The summed E-state index contributed by atoms with van der Waals surface area (Å²) in [5, 5.41) is 19.9. The Morgan fingerprint density at radius 2 is 2.14 bits per heavy atom. The van der Waals surface area contributed by atoms with E-state index in [1.54, 1.807) is 12.1 Å². The average Bonchev–Trinajstić information content (AvgIpc) is 2.46. The molecule has 21 heavy (non-hydrogen) atoms. The van der Waals surface area contributed by atoms with E-state index in [0.29, 0.717) is 17.1 Å². The van der Waals surface area contributed by atoms with Crippen LogP contribution in [-0.2, 0) is 0 Å². The zero-order chi connectivity index (χ0) is 15.4. The molecule has 0 aliphatic rings. The summed E-state index contributed by atoms with van der Waals surface area (Å²) in [6.07, 6.45) is 1.86. The lowest BCUT2D eigenvalue weighted by atomic mass is 10.2. The van der Waals surface area contributed by atoms with Crippen LogP contribution < -0.4 is 4.74 Å². The van der Waals surface area contributed by atoms with Crippen LogP contribution in [0.25, 0.3) is 0 Å². The summed E-state index contributed by atoms with van der Waals surface area (Å²) >= 11 is 7.27. The van der Waals surface area contributed by atoms with Crippen molar-refractivity contribution in [2.45, 2.75) is 4.90 Å². The predicted molar refractivity (Wildman–Crippen MR) is 81.1 cm³/mol. The van der Waals surface area contributed by atoms with Crippen molar-refractivity contribution in [3.63, 3.8) is 0 Å². The summed E-state index contributed by atoms with van der Waals surface area (Å²) in [4.78, 5) is 10.9. The SMILES string of the molecule is CSc1cccc(Oc2ccc([N+](=O)[O-])c(Cl)c2)c1C#N. The Balaban J connectivity index is 2.37. The van der Waals surface area contributed by atoms with Gasteiger partial charge >= 0.3 is 0 Å². The summed E-state index contributed by atoms with van der Waals surface area (Å²) in [6.45, 7) is 0. The zero-order valence-corrected chi connectivity index (χ0v) is 12.4. The van der Waals surface area contributed by atoms with Crippen molar-refractivity contribution in [3.05, 3.63) is 57.1 Å². The molecule has 0 amide bonds. The molecule has 0 heterocycles. The van der Waals surface area contributed by atoms with Crippen molar-refractivity contribution in [2.24, 2.45) is 0 Å². The molecular formula is C14H9ClN2O3S. The summed E-state index contributed by atoms with van der Waals surface area (Å²) in [7, 11) is 0. The Morgan fingerprint density at radius 1 is 1.38 bits per heavy atom. The molecule has 0 N–H and O–H groups in total. The molecule has 0 aliphatic heterocycles. The molecule has 2 rings (SSSR count). The molecule has 2 aromatic rings. The van der Waals surface area contributed by atoms with E-state index in [0.717, 1.165) is 4.90 Å². The molecule has 0 spiro atoms. The Kier molecular flexibility index (Phi) is 4.68. The molecule has 0 aliphatic carbocycles. The number of hydrogen-bond acceptors (Lipinski definition) is 5. The van der Waals surface area contributed by atoms with E-state index in [4.69, 9.17) is 16.3 Å². The van der Waals surface area contributed by atoms with Crippen molar-refractivity contribution in [1.82, 2.24) is 0 Å². The minimum Gasteiger partial charge on any atom is -0.456 e. The number of benzene rings is 2. The first-order valence-electron chi connectivity index (χ1n) is 5.75. The molecule has 0 atom stereocenters. The first kappa shape index (κ1) is 15.2. The van der Waals surface area contributed by atoms with Gasteiger partial charge in [0.15, 0.2) is 0 Å². The molecule has 0 saturated carbocycles. The molecule has 2 aromatic carbocycles. The van der Waals surface area contributed by atoms with Gasteiger partial charge in [0.2, 0.25) is 0 Å². The van der Waals surface area contributed by atoms with E-state index in [-0.39, 0.29) is 10.7 Å². The normalized spacial score (nSPS) is 9.95. The predicted octanol–water partition coefficient (Wildman–Crippen LogP) is 4.63. The van der Waals surface area contributed by atoms with E-state index < -0.39 is 4.92 Å². The third-order valence-corrected chi connectivity index (χ3v) is 3.75. The Morgan fingerprint density at radius 3 is 2.71 bits per heavy atom. The lowest BCUT2D eigenvalue weighted by Crippen LogP contribution is -1.92. The number of halogens is 1. The van der Waals surface area contributed by atoms with Gasteiger partial charge in [-0.25, -0.2) is 0 Å². The largest absolute Gasteiger partial charge is 0.456 e. The molecule has 0 unspecified atom stereocenters. The average molecular weight is 321 g/mol. The number of nitrogens with zero attached hydrogens (tertiary/aromatic N) is 2. The van der Waals surface area contributed by atoms with Crippen molar-refractivity contribution in [1.29, 1.82) is 5.26 Å². The summed E-state index contributed by atoms with van der Waals surface area (Å²) in [6, 6.07) is 11.4. The van der Waals surface area contributed by atoms with Crippen LogP contribution in [0.15, 0.2) is 41.3 Å². The fourth-order valence-corrected chi connectivity index (χ4v) is 2.51. The molecule has 106 valence electrons. The fraction of sp³-hybridized carbons (Fsp3) is 0.0714. The number of nitro benzene ring substituents is 1. The van der Waals surface area contributed by atoms with E-state index in [1.807, 2.05) is 12.3 Å². The second-order valence-electron chi connectivity index (χ2n) is 3.92. The summed E-state index contributed by atoms with van der Waals surface area (Å²) in [5.41, 5.74) is 0.224. The van der Waals surface area contributed by atoms with Crippen LogP contribution in [0.3, 0.4) is 0 Å². The van der Waals surface area contributed by atoms with Crippen LogP contribution in [-0.4, -0.2) is 11.2 Å². The van der Waals surface area contributed by atoms with Crippen molar-refractivity contribution in [3.8, 4) is 17.6 Å². The Hall–Kier alpha value is -2.23. The van der Waals surface area contributed by atoms with Gasteiger partial charge in [-0.15, -0.1) is 11.8 Å². The lowest BCUT2D eigenvalue weighted by Gasteiger charge is -2.09. The van der Waals surface area contributed by atoms with Gasteiger partial charge in [-0.1, -0.05) is 17.7 Å². The number of thioether (sulfide) groups is 1. The Labute approximate surface area is 130 Å². The molecule has 7 heteroatoms. The third kappa shape index (κ3) is 3.27. The Bertz CT molecular complexity index is 743. The second-order valence-corrected chi connectivity index (χ2v) is 5.17. The molecule has 0 fully saturated rings. The topological polar surface area (TPSA) is 76.2 Å². The van der Waals surface area contributed by atoms with Crippen LogP contribution in [0.5, 0.6) is 11.5 Å². The molecule has 0 saturated heterocycles. The second kappa shape index (κ2) is 6.48. The maximum Gasteiger partial charge on any atom is 0.288 e. The van der Waals surface area contributed by atoms with Gasteiger partial charge in [0.05, 0.1) is 4.92 Å². The van der Waals surface area contributed by atoms with Gasteiger partial charge in [-0.2, -0.15) is 5.26 Å². The standard InChI is InChI=1S/C14H9ClN2O3S/c1-21-14-4-2-3-13(10(14)8-16)20-9-5-6-12(17(18)19)11(15)7-9/h2-7H,1H3. The maximum absolute atomic E-state index is 10.7. The number of hydrogen-bond donors (Lipinski definition) is 0. The monoisotopic (exact) mass is 320 g/mol. The van der Waals surface area contributed by atoms with Crippen molar-refractivity contribution < 1.29 is 9.66 Å². The quantitative estimate of drug-likeness (QED) is 0.466. The molecular weight excluding hydrogens is 312 g/mol. The first-order chi connectivity index (χ1) is 10.1. The molecule has 0 aromatic heterocycles. The van der Waals surface area contributed by atoms with Crippen molar-refractivity contribution in [2.75, 3.05) is 6.26 Å². The highest BCUT2D eigenvalue weighted by Gasteiger charge is 2.14. The van der Waals surface area contributed by atoms with Crippen LogP contribution in [0.2, 0.25) is 5.02 Å². The maximum atomic E-state index is 10.7. The number of nitriles is 1. The smallest absolute Gasteiger partial charge is 0.288 e. The molecule has 0 bridgehead atoms. The van der Waals surface area contributed by atoms with Gasteiger partial charge < -0.3 is 4.74 Å². The summed E-state index contributed by atoms with van der Waals surface area (Å²) < 4.78 is 5.62. The molecule has 5 nitrogen and oxygen atoms in total. The minimum atomic E-state index is -0.568. The van der Waals surface area contributed by atoms with Gasteiger partial charge in [-0.05, 0) is 24.5 Å². The third-order valence-electron chi connectivity index (χ3n) is 2.66. The highest BCUT2D eigenvalue weighted by Crippen LogP contribution is 2.34. The molecule has 0 radical (unpaired) electrons. The van der Waals surface area contributed by atoms with E-state index in [2.05, 4.69) is 6.07 Å². The first-order valence-corrected chi connectivity index (χ1v) is 7.36. The highest BCUT2D eigenvalue weighted by atomic mass is 35.5. The van der Waals surface area contributed by atoms with Gasteiger partial charge in [-0.3, -0.25) is 10.1 Å². The van der Waals surface area contributed by atoms with Crippen LogP contribution in [0, 0.1) is 21.4 Å². The van der Waals surface area contributed by atoms with E-state index >= 15 is 0 Å². The van der Waals surface area contributed by atoms with Gasteiger partial charge in [0.25, 0.3) is 5.69 Å². The summed E-state index contributed by atoms with van der Waals surface area (Å²) in [5.74, 6) is 0.717. The number of rotatable bonds is 4. The van der Waals surface area contributed by atoms with Crippen LogP contribution in [0.1, 0.15) is 5.56 Å². The van der Waals surface area contributed by atoms with Gasteiger partial charge in [0, 0.05) is 17.0 Å². The number of nitro groups is 1. The minimum absolute atomic E-state index is 0.0166. The highest BCUT2D eigenvalue weighted by molar-refractivity contribution is 7.98. The lowest BCUT2D eigenvalue weighted by molar-refractivity contribution is -0.384.